The molecule has 1 aliphatic heterocycles. The number of carbonyl (C=O) groups is 2. The summed E-state index contributed by atoms with van der Waals surface area (Å²) in [5, 5.41) is 6.21. The predicted octanol–water partition coefficient (Wildman–Crippen LogP) is 2.74. The average Bonchev–Trinajstić information content (AvgIpc) is 2.78. The van der Waals surface area contributed by atoms with Gasteiger partial charge in [0.25, 0.3) is 0 Å². The van der Waals surface area contributed by atoms with E-state index in [9.17, 15) is 14.0 Å². The minimum Gasteiger partial charge on any atom is -0.468 e. The van der Waals surface area contributed by atoms with E-state index >= 15 is 0 Å². The normalized spacial score (nSPS) is 14.3. The zero-order valence-corrected chi connectivity index (χ0v) is 19.1. The van der Waals surface area contributed by atoms with E-state index in [0.717, 1.165) is 43.3 Å². The lowest BCUT2D eigenvalue weighted by atomic mass is 9.99. The molecule has 1 aliphatic rings. The number of hydrogen-bond acceptors (Lipinski definition) is 8. The van der Waals surface area contributed by atoms with Gasteiger partial charge in [-0.3, -0.25) is 14.5 Å². The summed E-state index contributed by atoms with van der Waals surface area (Å²) in [6, 6.07) is 5.96. The van der Waals surface area contributed by atoms with Crippen molar-refractivity contribution in [2.24, 2.45) is 5.73 Å². The molecule has 33 heavy (non-hydrogen) atoms. The van der Waals surface area contributed by atoms with Crippen molar-refractivity contribution in [2.45, 2.75) is 51.6 Å². The van der Waals surface area contributed by atoms with Gasteiger partial charge in [0, 0.05) is 31.2 Å². The summed E-state index contributed by atoms with van der Waals surface area (Å²) in [5.41, 5.74) is 8.28. The van der Waals surface area contributed by atoms with Crippen molar-refractivity contribution in [2.75, 3.05) is 30.8 Å². The Morgan fingerprint density at radius 2 is 2.12 bits per heavy atom. The lowest BCUT2D eigenvalue weighted by molar-refractivity contribution is -0.142. The van der Waals surface area contributed by atoms with Crippen LogP contribution in [0.2, 0.25) is 0 Å². The maximum Gasteiger partial charge on any atom is 0.319 e. The van der Waals surface area contributed by atoms with Crippen LogP contribution in [0.25, 0.3) is 0 Å². The van der Waals surface area contributed by atoms with Gasteiger partial charge in [0.15, 0.2) is 11.6 Å². The molecule has 1 amide bonds. The summed E-state index contributed by atoms with van der Waals surface area (Å²) in [5.74, 6) is -0.700. The van der Waals surface area contributed by atoms with E-state index in [0.29, 0.717) is 19.4 Å². The number of amides is 1. The fourth-order valence-electron chi connectivity index (χ4n) is 3.79. The number of aromatic nitrogens is 2. The monoisotopic (exact) mass is 458 g/mol. The predicted molar refractivity (Wildman–Crippen MR) is 123 cm³/mol. The fraction of sp³-hybridized carbons (Fsp3) is 0.478. The van der Waals surface area contributed by atoms with Gasteiger partial charge in [-0.05, 0) is 49.4 Å². The highest BCUT2D eigenvalue weighted by atomic mass is 19.1. The second-order valence-electron chi connectivity index (χ2n) is 8.29. The van der Waals surface area contributed by atoms with Crippen LogP contribution in [0, 0.1) is 5.82 Å². The molecule has 1 unspecified atom stereocenters. The Hall–Kier alpha value is -3.27. The number of primary amides is 1. The molecule has 1 aromatic heterocycles. The molecule has 1 aromatic carbocycles. The van der Waals surface area contributed by atoms with Gasteiger partial charge in [-0.25, -0.2) is 9.37 Å². The van der Waals surface area contributed by atoms with Crippen LogP contribution < -0.4 is 16.4 Å². The molecule has 2 heterocycles. The number of methoxy groups -OCH3 is 1. The van der Waals surface area contributed by atoms with Crippen LogP contribution in [0.3, 0.4) is 0 Å². The highest BCUT2D eigenvalue weighted by molar-refractivity contribution is 5.73. The summed E-state index contributed by atoms with van der Waals surface area (Å²) in [6.07, 6.45) is 4.60. The van der Waals surface area contributed by atoms with Crippen molar-refractivity contribution < 1.29 is 18.7 Å². The number of unbranched alkanes of at least 4 members (excludes halogenated alkanes) is 1. The van der Waals surface area contributed by atoms with Crippen molar-refractivity contribution in [1.29, 1.82) is 0 Å². The first-order valence-corrected chi connectivity index (χ1v) is 11.1. The van der Waals surface area contributed by atoms with Crippen molar-refractivity contribution in [3.05, 3.63) is 41.3 Å². The van der Waals surface area contributed by atoms with Gasteiger partial charge >= 0.3 is 5.97 Å². The van der Waals surface area contributed by atoms with Crippen LogP contribution >= 0.6 is 0 Å². The average molecular weight is 459 g/mol. The molecule has 9 nitrogen and oxygen atoms in total. The Labute approximate surface area is 192 Å². The number of hydrogen-bond donors (Lipinski definition) is 3. The van der Waals surface area contributed by atoms with Crippen LogP contribution in [0.15, 0.2) is 24.4 Å². The molecule has 178 valence electrons. The molecule has 0 fully saturated rings. The molecule has 0 bridgehead atoms. The third-order valence-corrected chi connectivity index (χ3v) is 5.57. The largest absolute Gasteiger partial charge is 0.468 e. The van der Waals surface area contributed by atoms with Crippen LogP contribution in [-0.2, 0) is 27.3 Å². The maximum absolute atomic E-state index is 14.2. The minimum atomic E-state index is -0.534. The fourth-order valence-corrected chi connectivity index (χ4v) is 3.79. The first-order valence-electron chi connectivity index (χ1n) is 11.1. The second kappa shape index (κ2) is 11.6. The molecule has 0 saturated carbocycles. The zero-order chi connectivity index (χ0) is 23.8. The van der Waals surface area contributed by atoms with Crippen LogP contribution in [0.4, 0.5) is 21.8 Å². The number of nitrogens with two attached hydrogens (primary N) is 1. The Bertz CT molecular complexity index is 987. The third kappa shape index (κ3) is 7.38. The van der Waals surface area contributed by atoms with Crippen LogP contribution in [0.1, 0.15) is 43.7 Å². The summed E-state index contributed by atoms with van der Waals surface area (Å²) >= 11 is 0. The number of benzene rings is 1. The van der Waals surface area contributed by atoms with Gasteiger partial charge in [0.1, 0.15) is 0 Å². The number of esters is 1. The Balaban J connectivity index is 1.61. The molecular weight excluding hydrogens is 427 g/mol. The highest BCUT2D eigenvalue weighted by Gasteiger charge is 2.19. The minimum absolute atomic E-state index is 0.0281. The summed E-state index contributed by atoms with van der Waals surface area (Å²) in [4.78, 5) is 32.8. The first-order chi connectivity index (χ1) is 15.8. The van der Waals surface area contributed by atoms with Crippen molar-refractivity contribution in [3.8, 4) is 0 Å². The number of rotatable bonds is 11. The lowest BCUT2D eigenvalue weighted by Crippen LogP contribution is -2.35. The smallest absolute Gasteiger partial charge is 0.319 e. The summed E-state index contributed by atoms with van der Waals surface area (Å²) in [6.45, 7) is 3.63. The first kappa shape index (κ1) is 24.4. The van der Waals surface area contributed by atoms with Crippen LogP contribution in [-0.4, -0.2) is 53.0 Å². The Morgan fingerprint density at radius 1 is 1.30 bits per heavy atom. The molecule has 0 radical (unpaired) electrons. The van der Waals surface area contributed by atoms with E-state index in [2.05, 4.69) is 20.6 Å². The third-order valence-electron chi connectivity index (χ3n) is 5.57. The quantitative estimate of drug-likeness (QED) is 0.347. The van der Waals surface area contributed by atoms with Gasteiger partial charge < -0.3 is 21.1 Å². The SMILES string of the molecule is COC(=O)CN1CCc2ccc(Nc3ncc(F)c(NC(C)CCCCC(N)=O)n3)cc2C1. The standard InChI is InChI=1S/C23H31FN6O3/c1-15(5-3-4-6-20(25)31)27-22-19(24)12-26-23(29-22)28-18-8-7-16-9-10-30(13-17(16)11-18)14-21(32)33-2/h7-8,11-12,15H,3-6,9-10,13-14H2,1-2H3,(H2,25,31)(H2,26,27,28,29). The topological polar surface area (TPSA) is 122 Å². The Morgan fingerprint density at radius 3 is 2.88 bits per heavy atom. The van der Waals surface area contributed by atoms with Gasteiger partial charge in [0.05, 0.1) is 19.9 Å². The molecule has 10 heteroatoms. The van der Waals surface area contributed by atoms with Gasteiger partial charge in [-0.1, -0.05) is 12.5 Å². The van der Waals surface area contributed by atoms with E-state index in [1.807, 2.05) is 30.0 Å². The number of nitrogens with one attached hydrogen (secondary N) is 2. The molecule has 2 aromatic rings. The van der Waals surface area contributed by atoms with E-state index < -0.39 is 5.82 Å². The lowest BCUT2D eigenvalue weighted by Gasteiger charge is -2.28. The highest BCUT2D eigenvalue weighted by Crippen LogP contribution is 2.25. The number of carbonyl (C=O) groups excluding carboxylic acids is 2. The number of ether oxygens (including phenoxy) is 1. The van der Waals surface area contributed by atoms with Crippen molar-refractivity contribution in [3.63, 3.8) is 0 Å². The van der Waals surface area contributed by atoms with Crippen molar-refractivity contribution >= 4 is 29.3 Å². The second-order valence-corrected chi connectivity index (χ2v) is 8.29. The molecule has 1 atom stereocenters. The zero-order valence-electron chi connectivity index (χ0n) is 19.1. The number of anilines is 3. The van der Waals surface area contributed by atoms with Crippen molar-refractivity contribution in [1.82, 2.24) is 14.9 Å². The molecule has 0 aliphatic carbocycles. The van der Waals surface area contributed by atoms with E-state index in [-0.39, 0.29) is 36.2 Å². The molecule has 0 spiro atoms. The molecular formula is C23H31FN6O3. The van der Waals surface area contributed by atoms with Gasteiger partial charge in [-0.15, -0.1) is 0 Å². The summed E-state index contributed by atoms with van der Waals surface area (Å²) in [7, 11) is 1.39. The van der Waals surface area contributed by atoms with Gasteiger partial charge in [-0.2, -0.15) is 4.98 Å². The van der Waals surface area contributed by atoms with Gasteiger partial charge in [0.2, 0.25) is 11.9 Å². The van der Waals surface area contributed by atoms with E-state index in [1.165, 1.54) is 12.7 Å². The number of halogens is 1. The maximum atomic E-state index is 14.2. The molecule has 0 saturated heterocycles. The van der Waals surface area contributed by atoms with E-state index in [1.54, 1.807) is 0 Å². The van der Waals surface area contributed by atoms with E-state index in [4.69, 9.17) is 10.5 Å². The van der Waals surface area contributed by atoms with Crippen LogP contribution in [0.5, 0.6) is 0 Å². The molecule has 4 N–H and O–H groups in total. The summed E-state index contributed by atoms with van der Waals surface area (Å²) < 4.78 is 19.0. The number of nitrogens with zero attached hydrogens (tertiary/aromatic N) is 3. The Kier molecular flexibility index (Phi) is 8.53. The number of fused-ring (bicyclic) bond motifs is 1. The molecule has 3 rings (SSSR count).